The number of hydrogen-bond acceptors (Lipinski definition) is 2. The Bertz CT molecular complexity index is 329. The third-order valence-corrected chi connectivity index (χ3v) is 3.02. The molecule has 0 amide bonds. The first kappa shape index (κ1) is 11.6. The van der Waals surface area contributed by atoms with Crippen molar-refractivity contribution in [3.63, 3.8) is 0 Å². The highest BCUT2D eigenvalue weighted by Gasteiger charge is 2.21. The first-order valence-electron chi connectivity index (χ1n) is 6.03. The Hall–Kier alpha value is -0.860. The van der Waals surface area contributed by atoms with E-state index in [-0.39, 0.29) is 6.29 Å². The van der Waals surface area contributed by atoms with E-state index >= 15 is 0 Å². The van der Waals surface area contributed by atoms with Gasteiger partial charge >= 0.3 is 0 Å². The van der Waals surface area contributed by atoms with E-state index in [2.05, 4.69) is 45.0 Å². The summed E-state index contributed by atoms with van der Waals surface area (Å²) < 4.78 is 11.4. The molecule has 0 N–H and O–H groups in total. The van der Waals surface area contributed by atoms with Crippen molar-refractivity contribution < 1.29 is 9.47 Å². The van der Waals surface area contributed by atoms with Crippen LogP contribution >= 0.6 is 0 Å². The Labute approximate surface area is 97.6 Å². The molecule has 2 rings (SSSR count). The lowest BCUT2D eigenvalue weighted by Gasteiger charge is -2.28. The van der Waals surface area contributed by atoms with Gasteiger partial charge in [0.05, 0.1) is 12.7 Å². The quantitative estimate of drug-likeness (QED) is 0.757. The topological polar surface area (TPSA) is 18.5 Å². The minimum atomic E-state index is -0.176. The second-order valence-corrected chi connectivity index (χ2v) is 4.76. The zero-order valence-electron chi connectivity index (χ0n) is 10.3. The summed E-state index contributed by atoms with van der Waals surface area (Å²) in [6.45, 7) is 7.28. The molecule has 0 bridgehead atoms. The predicted molar refractivity (Wildman–Crippen MR) is 64.4 cm³/mol. The molecule has 1 heterocycles. The van der Waals surface area contributed by atoms with Crippen LogP contribution in [0.2, 0.25) is 0 Å². The van der Waals surface area contributed by atoms with Gasteiger partial charge in [-0.2, -0.15) is 0 Å². The predicted octanol–water partition coefficient (Wildman–Crippen LogP) is 3.63. The van der Waals surface area contributed by atoms with Crippen molar-refractivity contribution in [2.75, 3.05) is 6.61 Å². The molecule has 1 aliphatic rings. The van der Waals surface area contributed by atoms with Crippen LogP contribution in [0.3, 0.4) is 0 Å². The Morgan fingerprint density at radius 1 is 1.19 bits per heavy atom. The number of benzene rings is 1. The van der Waals surface area contributed by atoms with Gasteiger partial charge in [0, 0.05) is 5.56 Å². The highest BCUT2D eigenvalue weighted by molar-refractivity contribution is 5.25. The van der Waals surface area contributed by atoms with Gasteiger partial charge in [-0.1, -0.05) is 38.1 Å². The first-order chi connectivity index (χ1) is 7.66. The van der Waals surface area contributed by atoms with E-state index in [1.165, 1.54) is 5.56 Å². The maximum Gasteiger partial charge on any atom is 0.184 e. The second kappa shape index (κ2) is 4.98. The monoisotopic (exact) mass is 220 g/mol. The molecule has 16 heavy (non-hydrogen) atoms. The fourth-order valence-electron chi connectivity index (χ4n) is 1.87. The van der Waals surface area contributed by atoms with Crippen molar-refractivity contribution in [2.24, 2.45) is 0 Å². The lowest BCUT2D eigenvalue weighted by molar-refractivity contribution is -0.212. The fourth-order valence-corrected chi connectivity index (χ4v) is 1.87. The molecule has 1 saturated heterocycles. The van der Waals surface area contributed by atoms with Gasteiger partial charge in [-0.25, -0.2) is 0 Å². The maximum atomic E-state index is 5.75. The zero-order chi connectivity index (χ0) is 11.5. The third-order valence-electron chi connectivity index (χ3n) is 3.02. The number of rotatable bonds is 2. The van der Waals surface area contributed by atoms with Crippen LogP contribution in [0, 0.1) is 0 Å². The molecule has 1 aliphatic heterocycles. The molecule has 0 aliphatic carbocycles. The van der Waals surface area contributed by atoms with Crippen molar-refractivity contribution in [3.05, 3.63) is 35.4 Å². The Balaban J connectivity index is 2.09. The average Bonchev–Trinajstić information content (AvgIpc) is 2.29. The van der Waals surface area contributed by atoms with E-state index < -0.39 is 0 Å². The highest BCUT2D eigenvalue weighted by Crippen LogP contribution is 2.27. The first-order valence-corrected chi connectivity index (χ1v) is 6.03. The molecule has 0 unspecified atom stereocenters. The molecule has 1 fully saturated rings. The van der Waals surface area contributed by atoms with Crippen LogP contribution in [0.4, 0.5) is 0 Å². The van der Waals surface area contributed by atoms with Crippen molar-refractivity contribution in [3.8, 4) is 0 Å². The van der Waals surface area contributed by atoms with Crippen molar-refractivity contribution in [1.82, 2.24) is 0 Å². The summed E-state index contributed by atoms with van der Waals surface area (Å²) in [7, 11) is 0. The van der Waals surface area contributed by atoms with E-state index in [4.69, 9.17) is 9.47 Å². The van der Waals surface area contributed by atoms with Gasteiger partial charge in [-0.05, 0) is 24.8 Å². The van der Waals surface area contributed by atoms with Gasteiger partial charge < -0.3 is 9.47 Å². The van der Waals surface area contributed by atoms with Gasteiger partial charge in [0.25, 0.3) is 0 Å². The van der Waals surface area contributed by atoms with Crippen molar-refractivity contribution in [2.45, 2.75) is 45.5 Å². The highest BCUT2D eigenvalue weighted by atomic mass is 16.7. The van der Waals surface area contributed by atoms with Crippen LogP contribution in [0.15, 0.2) is 24.3 Å². The van der Waals surface area contributed by atoms with Crippen LogP contribution in [-0.4, -0.2) is 12.7 Å². The Morgan fingerprint density at radius 3 is 2.44 bits per heavy atom. The largest absolute Gasteiger partial charge is 0.348 e. The summed E-state index contributed by atoms with van der Waals surface area (Å²) in [4.78, 5) is 0. The molecule has 0 aromatic heterocycles. The summed E-state index contributed by atoms with van der Waals surface area (Å²) in [5.74, 6) is 0.571. The molecule has 1 aromatic rings. The van der Waals surface area contributed by atoms with Gasteiger partial charge in [0.1, 0.15) is 0 Å². The lowest BCUT2D eigenvalue weighted by atomic mass is 10.0. The van der Waals surface area contributed by atoms with E-state index in [0.717, 1.165) is 18.6 Å². The SMILES string of the molecule is CC(C)c1ccc([C@H]2OCC[C@@H](C)O2)cc1. The minimum Gasteiger partial charge on any atom is -0.348 e. The van der Waals surface area contributed by atoms with Crippen LogP contribution in [0.1, 0.15) is 50.5 Å². The van der Waals surface area contributed by atoms with E-state index in [1.807, 2.05) is 0 Å². The van der Waals surface area contributed by atoms with Gasteiger partial charge in [0.15, 0.2) is 6.29 Å². The van der Waals surface area contributed by atoms with E-state index in [1.54, 1.807) is 0 Å². The molecule has 1 aromatic carbocycles. The van der Waals surface area contributed by atoms with Gasteiger partial charge in [0.2, 0.25) is 0 Å². The molecule has 88 valence electrons. The standard InChI is InChI=1S/C14H20O2/c1-10(2)12-4-6-13(7-5-12)14-15-9-8-11(3)16-14/h4-7,10-11,14H,8-9H2,1-3H3/t11-,14+/m1/s1. The third kappa shape index (κ3) is 2.63. The van der Waals surface area contributed by atoms with Crippen LogP contribution in [0.5, 0.6) is 0 Å². The molecule has 2 heteroatoms. The number of hydrogen-bond donors (Lipinski definition) is 0. The van der Waals surface area contributed by atoms with Crippen LogP contribution < -0.4 is 0 Å². The minimum absolute atomic E-state index is 0.176. The van der Waals surface area contributed by atoms with E-state index in [9.17, 15) is 0 Å². The second-order valence-electron chi connectivity index (χ2n) is 4.76. The normalized spacial score (nSPS) is 26.0. The molecule has 2 nitrogen and oxygen atoms in total. The molecule has 0 radical (unpaired) electrons. The lowest BCUT2D eigenvalue weighted by Crippen LogP contribution is -2.24. The summed E-state index contributed by atoms with van der Waals surface area (Å²) in [6, 6.07) is 8.54. The van der Waals surface area contributed by atoms with Crippen molar-refractivity contribution in [1.29, 1.82) is 0 Å². The summed E-state index contributed by atoms with van der Waals surface area (Å²) >= 11 is 0. The van der Waals surface area contributed by atoms with Crippen LogP contribution in [0.25, 0.3) is 0 Å². The smallest absolute Gasteiger partial charge is 0.184 e. The maximum absolute atomic E-state index is 5.75. The van der Waals surface area contributed by atoms with Gasteiger partial charge in [-0.3, -0.25) is 0 Å². The summed E-state index contributed by atoms with van der Waals surface area (Å²) in [6.07, 6.45) is 1.11. The summed E-state index contributed by atoms with van der Waals surface area (Å²) in [5.41, 5.74) is 2.48. The van der Waals surface area contributed by atoms with Crippen molar-refractivity contribution >= 4 is 0 Å². The Morgan fingerprint density at radius 2 is 1.88 bits per heavy atom. The summed E-state index contributed by atoms with van der Waals surface area (Å²) in [5, 5.41) is 0. The molecular formula is C14H20O2. The molecule has 0 saturated carbocycles. The molecular weight excluding hydrogens is 200 g/mol. The average molecular weight is 220 g/mol. The fraction of sp³-hybridized carbons (Fsp3) is 0.571. The molecule has 0 spiro atoms. The van der Waals surface area contributed by atoms with Crippen LogP contribution in [-0.2, 0) is 9.47 Å². The zero-order valence-corrected chi connectivity index (χ0v) is 10.3. The number of ether oxygens (including phenoxy) is 2. The van der Waals surface area contributed by atoms with E-state index in [0.29, 0.717) is 12.0 Å². The van der Waals surface area contributed by atoms with Gasteiger partial charge in [-0.15, -0.1) is 0 Å². The molecule has 2 atom stereocenters. The Kier molecular flexibility index (Phi) is 3.62.